The molecule has 1 aromatic carbocycles. The Hall–Kier alpha value is -1.49. The van der Waals surface area contributed by atoms with E-state index in [-0.39, 0.29) is 6.04 Å². The lowest BCUT2D eigenvalue weighted by Crippen LogP contribution is -2.28. The van der Waals surface area contributed by atoms with Gasteiger partial charge in [0, 0.05) is 5.56 Å². The van der Waals surface area contributed by atoms with E-state index < -0.39 is 0 Å². The Kier molecular flexibility index (Phi) is 3.68. The number of halogens is 1. The largest absolute Gasteiger partial charge is 0.497 e. The van der Waals surface area contributed by atoms with Gasteiger partial charge in [0.1, 0.15) is 5.75 Å². The molecule has 1 aromatic heterocycles. The molecule has 0 bridgehead atoms. The molecule has 0 saturated carbocycles. The van der Waals surface area contributed by atoms with Gasteiger partial charge in [-0.05, 0) is 35.4 Å². The highest BCUT2D eigenvalue weighted by molar-refractivity contribution is 6.29. The molecule has 0 amide bonds. The van der Waals surface area contributed by atoms with Crippen LogP contribution in [0.1, 0.15) is 17.2 Å². The third-order valence-corrected chi connectivity index (χ3v) is 2.86. The van der Waals surface area contributed by atoms with Gasteiger partial charge in [-0.3, -0.25) is 5.84 Å². The van der Waals surface area contributed by atoms with Crippen LogP contribution in [0, 0.1) is 0 Å². The van der Waals surface area contributed by atoms with E-state index in [1.54, 1.807) is 13.2 Å². The fourth-order valence-electron chi connectivity index (χ4n) is 1.70. The van der Waals surface area contributed by atoms with Crippen LogP contribution >= 0.6 is 11.6 Å². The maximum Gasteiger partial charge on any atom is 0.198 e. The number of hydrogen-bond donors (Lipinski definition) is 2. The minimum atomic E-state index is -0.226. The lowest BCUT2D eigenvalue weighted by atomic mass is 10.0. The highest BCUT2D eigenvalue weighted by atomic mass is 35.5. The van der Waals surface area contributed by atoms with Crippen molar-refractivity contribution in [2.75, 3.05) is 7.11 Å². The second kappa shape index (κ2) is 5.23. The van der Waals surface area contributed by atoms with Gasteiger partial charge >= 0.3 is 0 Å². The number of ether oxygens (including phenoxy) is 1. The number of furan rings is 1. The molecule has 0 aliphatic carbocycles. The molecule has 0 saturated heterocycles. The predicted octanol–water partition coefficient (Wildman–Crippen LogP) is 2.49. The number of hydrazine groups is 1. The summed E-state index contributed by atoms with van der Waals surface area (Å²) in [6.07, 6.45) is 1.53. The number of nitrogens with two attached hydrogens (primary N) is 1. The average Bonchev–Trinajstić information content (AvgIpc) is 2.77. The van der Waals surface area contributed by atoms with Gasteiger partial charge in [0.15, 0.2) is 5.22 Å². The minimum absolute atomic E-state index is 0.226. The van der Waals surface area contributed by atoms with E-state index in [2.05, 4.69) is 5.43 Å². The van der Waals surface area contributed by atoms with E-state index in [9.17, 15) is 0 Å². The van der Waals surface area contributed by atoms with Crippen LogP contribution in [0.2, 0.25) is 5.22 Å². The van der Waals surface area contributed by atoms with Gasteiger partial charge in [0.25, 0.3) is 0 Å². The van der Waals surface area contributed by atoms with Crippen molar-refractivity contribution in [1.82, 2.24) is 5.43 Å². The van der Waals surface area contributed by atoms with Crippen molar-refractivity contribution in [1.29, 1.82) is 0 Å². The van der Waals surface area contributed by atoms with Crippen LogP contribution in [0.5, 0.6) is 5.75 Å². The number of nitrogens with one attached hydrogen (secondary N) is 1. The molecule has 2 aromatic rings. The monoisotopic (exact) mass is 252 g/mol. The van der Waals surface area contributed by atoms with Crippen LogP contribution < -0.4 is 16.0 Å². The molecule has 0 radical (unpaired) electrons. The molecular formula is C12H13ClN2O2. The summed E-state index contributed by atoms with van der Waals surface area (Å²) in [5.41, 5.74) is 4.46. The lowest BCUT2D eigenvalue weighted by molar-refractivity contribution is 0.413. The van der Waals surface area contributed by atoms with Gasteiger partial charge in [-0.1, -0.05) is 12.1 Å². The third kappa shape index (κ3) is 2.44. The van der Waals surface area contributed by atoms with Gasteiger partial charge < -0.3 is 9.15 Å². The second-order valence-corrected chi connectivity index (χ2v) is 3.87. The Labute approximate surface area is 104 Å². The summed E-state index contributed by atoms with van der Waals surface area (Å²) in [5, 5.41) is 0.329. The fourth-order valence-corrected chi connectivity index (χ4v) is 1.92. The Morgan fingerprint density at radius 2 is 2.24 bits per heavy atom. The first-order valence-corrected chi connectivity index (χ1v) is 5.47. The van der Waals surface area contributed by atoms with E-state index in [4.69, 9.17) is 26.6 Å². The van der Waals surface area contributed by atoms with Crippen LogP contribution in [0.4, 0.5) is 0 Å². The first-order chi connectivity index (χ1) is 8.26. The summed E-state index contributed by atoms with van der Waals surface area (Å²) in [5.74, 6) is 6.33. The van der Waals surface area contributed by atoms with E-state index in [0.717, 1.165) is 16.9 Å². The van der Waals surface area contributed by atoms with E-state index in [1.165, 1.54) is 6.26 Å². The van der Waals surface area contributed by atoms with Crippen molar-refractivity contribution < 1.29 is 9.15 Å². The quantitative estimate of drug-likeness (QED) is 0.648. The predicted molar refractivity (Wildman–Crippen MR) is 65.9 cm³/mol. The van der Waals surface area contributed by atoms with Gasteiger partial charge in [-0.2, -0.15) is 0 Å². The van der Waals surface area contributed by atoms with Crippen LogP contribution in [0.25, 0.3) is 0 Å². The van der Waals surface area contributed by atoms with Crippen molar-refractivity contribution in [3.63, 3.8) is 0 Å². The van der Waals surface area contributed by atoms with Crippen molar-refractivity contribution in [2.24, 2.45) is 5.84 Å². The Morgan fingerprint density at radius 3 is 2.82 bits per heavy atom. The molecule has 3 N–H and O–H groups in total. The van der Waals surface area contributed by atoms with E-state index >= 15 is 0 Å². The van der Waals surface area contributed by atoms with Gasteiger partial charge in [0.05, 0.1) is 19.4 Å². The molecule has 0 aliphatic heterocycles. The topological polar surface area (TPSA) is 60.4 Å². The Morgan fingerprint density at radius 1 is 1.41 bits per heavy atom. The normalized spacial score (nSPS) is 12.4. The van der Waals surface area contributed by atoms with Crippen molar-refractivity contribution >= 4 is 11.6 Å². The maximum absolute atomic E-state index is 5.94. The maximum atomic E-state index is 5.94. The number of rotatable bonds is 4. The zero-order chi connectivity index (χ0) is 12.3. The summed E-state index contributed by atoms with van der Waals surface area (Å²) in [6.45, 7) is 0. The third-order valence-electron chi connectivity index (χ3n) is 2.55. The molecule has 0 spiro atoms. The molecule has 90 valence electrons. The van der Waals surface area contributed by atoms with Gasteiger partial charge in [-0.25, -0.2) is 5.43 Å². The molecule has 2 rings (SSSR count). The standard InChI is InChI=1S/C12H13ClN2O2/c1-16-9-4-2-3-8(7-9)11(15-14)10-5-6-17-12(10)13/h2-7,11,15H,14H2,1H3. The fraction of sp³-hybridized carbons (Fsp3) is 0.167. The van der Waals surface area contributed by atoms with Crippen molar-refractivity contribution in [3.8, 4) is 5.75 Å². The molecule has 1 unspecified atom stereocenters. The molecule has 1 heterocycles. The van der Waals surface area contributed by atoms with Crippen LogP contribution in [-0.2, 0) is 0 Å². The van der Waals surface area contributed by atoms with Crippen LogP contribution in [0.3, 0.4) is 0 Å². The summed E-state index contributed by atoms with van der Waals surface area (Å²) < 4.78 is 10.2. The zero-order valence-electron chi connectivity index (χ0n) is 9.31. The Balaban J connectivity index is 2.38. The summed E-state index contributed by atoms with van der Waals surface area (Å²) in [4.78, 5) is 0. The Bertz CT molecular complexity index is 499. The summed E-state index contributed by atoms with van der Waals surface area (Å²) >= 11 is 5.94. The molecule has 0 aliphatic rings. The second-order valence-electron chi connectivity index (χ2n) is 3.53. The van der Waals surface area contributed by atoms with Crippen molar-refractivity contribution in [2.45, 2.75) is 6.04 Å². The van der Waals surface area contributed by atoms with Crippen LogP contribution in [-0.4, -0.2) is 7.11 Å². The van der Waals surface area contributed by atoms with E-state index in [1.807, 2.05) is 24.3 Å². The minimum Gasteiger partial charge on any atom is -0.497 e. The summed E-state index contributed by atoms with van der Waals surface area (Å²) in [6, 6.07) is 9.16. The van der Waals surface area contributed by atoms with Crippen LogP contribution in [0.15, 0.2) is 41.0 Å². The van der Waals surface area contributed by atoms with Crippen molar-refractivity contribution in [3.05, 3.63) is 52.9 Å². The highest BCUT2D eigenvalue weighted by Gasteiger charge is 2.18. The molecule has 17 heavy (non-hydrogen) atoms. The number of benzene rings is 1. The number of methoxy groups -OCH3 is 1. The molecule has 5 heteroatoms. The number of hydrogen-bond acceptors (Lipinski definition) is 4. The first-order valence-electron chi connectivity index (χ1n) is 5.09. The average molecular weight is 253 g/mol. The molecular weight excluding hydrogens is 240 g/mol. The highest BCUT2D eigenvalue weighted by Crippen LogP contribution is 2.30. The first kappa shape index (κ1) is 12.0. The zero-order valence-corrected chi connectivity index (χ0v) is 10.1. The lowest BCUT2D eigenvalue weighted by Gasteiger charge is -2.15. The van der Waals surface area contributed by atoms with Gasteiger partial charge in [0.2, 0.25) is 0 Å². The smallest absolute Gasteiger partial charge is 0.198 e. The molecule has 4 nitrogen and oxygen atoms in total. The SMILES string of the molecule is COc1cccc(C(NN)c2ccoc2Cl)c1. The molecule has 0 fully saturated rings. The molecule has 1 atom stereocenters. The summed E-state index contributed by atoms with van der Waals surface area (Å²) in [7, 11) is 1.62. The van der Waals surface area contributed by atoms with E-state index in [0.29, 0.717) is 5.22 Å². The van der Waals surface area contributed by atoms with Gasteiger partial charge in [-0.15, -0.1) is 0 Å².